The maximum atomic E-state index is 11.4. The minimum atomic E-state index is -3.15. The fourth-order valence-electron chi connectivity index (χ4n) is 5.17. The molecule has 0 heterocycles. The highest BCUT2D eigenvalue weighted by Crippen LogP contribution is 2.53. The van der Waals surface area contributed by atoms with E-state index in [0.717, 1.165) is 23.7 Å². The van der Waals surface area contributed by atoms with Crippen molar-refractivity contribution in [1.82, 2.24) is 10.0 Å². The standard InChI is InChI=1S/C15H28N2O2S/c1-15(2,17-20(3,18)19)9-16-14-12-5-10-4-11(7-12)8-13(14)6-10/h10-14,16-17H,4-9H2,1-3H3. The van der Waals surface area contributed by atoms with E-state index in [9.17, 15) is 8.42 Å². The van der Waals surface area contributed by atoms with Gasteiger partial charge in [-0.3, -0.25) is 0 Å². The second-order valence-corrected chi connectivity index (χ2v) is 9.84. The van der Waals surface area contributed by atoms with Crippen molar-refractivity contribution >= 4 is 10.0 Å². The third-order valence-corrected chi connectivity index (χ3v) is 6.39. The van der Waals surface area contributed by atoms with Crippen molar-refractivity contribution in [3.63, 3.8) is 0 Å². The zero-order chi connectivity index (χ0) is 14.5. The molecule has 4 aliphatic carbocycles. The normalized spacial score (nSPS) is 40.2. The number of sulfonamides is 1. The predicted molar refractivity (Wildman–Crippen MR) is 80.9 cm³/mol. The molecular weight excluding hydrogens is 272 g/mol. The van der Waals surface area contributed by atoms with Gasteiger partial charge in [0.05, 0.1) is 6.26 Å². The van der Waals surface area contributed by atoms with Crippen molar-refractivity contribution < 1.29 is 8.42 Å². The molecular formula is C15H28N2O2S. The van der Waals surface area contributed by atoms with Crippen LogP contribution in [0, 0.1) is 23.7 Å². The van der Waals surface area contributed by atoms with Gasteiger partial charge in [0.15, 0.2) is 0 Å². The topological polar surface area (TPSA) is 58.2 Å². The Hall–Kier alpha value is -0.130. The maximum absolute atomic E-state index is 11.4. The molecule has 4 aliphatic rings. The third kappa shape index (κ3) is 3.20. The van der Waals surface area contributed by atoms with E-state index in [-0.39, 0.29) is 0 Å². The summed E-state index contributed by atoms with van der Waals surface area (Å²) in [6.45, 7) is 4.63. The van der Waals surface area contributed by atoms with Gasteiger partial charge in [0.2, 0.25) is 10.0 Å². The number of hydrogen-bond acceptors (Lipinski definition) is 3. The number of hydrogen-bond donors (Lipinski definition) is 2. The van der Waals surface area contributed by atoms with Crippen molar-refractivity contribution in [3.05, 3.63) is 0 Å². The summed E-state index contributed by atoms with van der Waals surface area (Å²) in [5.74, 6) is 3.64. The molecule has 4 bridgehead atoms. The largest absolute Gasteiger partial charge is 0.312 e. The molecule has 4 nitrogen and oxygen atoms in total. The molecule has 4 fully saturated rings. The summed E-state index contributed by atoms with van der Waals surface area (Å²) in [6.07, 6.45) is 8.28. The van der Waals surface area contributed by atoms with Crippen LogP contribution in [0.1, 0.15) is 46.0 Å². The zero-order valence-electron chi connectivity index (χ0n) is 12.9. The number of rotatable bonds is 5. The second kappa shape index (κ2) is 4.96. The lowest BCUT2D eigenvalue weighted by Crippen LogP contribution is -2.59. The van der Waals surface area contributed by atoms with Crippen LogP contribution in [0.25, 0.3) is 0 Å². The Morgan fingerprint density at radius 2 is 1.50 bits per heavy atom. The lowest BCUT2D eigenvalue weighted by Gasteiger charge is -2.55. The Morgan fingerprint density at radius 3 is 1.95 bits per heavy atom. The molecule has 0 amide bonds. The molecule has 4 saturated carbocycles. The monoisotopic (exact) mass is 300 g/mol. The van der Waals surface area contributed by atoms with Crippen molar-refractivity contribution in [2.24, 2.45) is 23.7 Å². The van der Waals surface area contributed by atoms with Crippen molar-refractivity contribution in [2.75, 3.05) is 12.8 Å². The first-order valence-corrected chi connectivity index (χ1v) is 9.83. The van der Waals surface area contributed by atoms with Gasteiger partial charge in [-0.2, -0.15) is 0 Å². The first-order chi connectivity index (χ1) is 9.22. The Bertz CT molecular complexity index is 444. The molecule has 0 radical (unpaired) electrons. The van der Waals surface area contributed by atoms with Gasteiger partial charge in [0.1, 0.15) is 0 Å². The molecule has 116 valence electrons. The van der Waals surface area contributed by atoms with Crippen molar-refractivity contribution in [2.45, 2.75) is 57.5 Å². The zero-order valence-corrected chi connectivity index (χ0v) is 13.7. The summed E-state index contributed by atoms with van der Waals surface area (Å²) >= 11 is 0. The summed E-state index contributed by atoms with van der Waals surface area (Å²) in [4.78, 5) is 0. The summed E-state index contributed by atoms with van der Waals surface area (Å²) in [5.41, 5.74) is -0.414. The van der Waals surface area contributed by atoms with E-state index in [1.54, 1.807) is 0 Å². The van der Waals surface area contributed by atoms with Gasteiger partial charge in [0.25, 0.3) is 0 Å². The summed E-state index contributed by atoms with van der Waals surface area (Å²) in [7, 11) is -3.15. The van der Waals surface area contributed by atoms with Gasteiger partial charge in [-0.05, 0) is 69.6 Å². The van der Waals surface area contributed by atoms with E-state index < -0.39 is 15.6 Å². The average Bonchev–Trinajstić information content (AvgIpc) is 2.23. The number of nitrogens with one attached hydrogen (secondary N) is 2. The molecule has 0 saturated heterocycles. The summed E-state index contributed by atoms with van der Waals surface area (Å²) < 4.78 is 25.5. The molecule has 20 heavy (non-hydrogen) atoms. The average molecular weight is 300 g/mol. The molecule has 0 aromatic carbocycles. The minimum Gasteiger partial charge on any atom is -0.312 e. The lowest BCUT2D eigenvalue weighted by molar-refractivity contribution is -0.0150. The van der Waals surface area contributed by atoms with Gasteiger partial charge in [-0.25, -0.2) is 13.1 Å². The SMILES string of the molecule is CC(C)(CNC1C2CC3CC(C2)CC1C3)NS(C)(=O)=O. The van der Waals surface area contributed by atoms with Crippen molar-refractivity contribution in [3.8, 4) is 0 Å². The molecule has 4 rings (SSSR count). The lowest BCUT2D eigenvalue weighted by atomic mass is 9.54. The Labute approximate surface area is 123 Å². The molecule has 0 aliphatic heterocycles. The van der Waals surface area contributed by atoms with Gasteiger partial charge >= 0.3 is 0 Å². The Morgan fingerprint density at radius 1 is 1.00 bits per heavy atom. The van der Waals surface area contributed by atoms with Crippen LogP contribution < -0.4 is 10.0 Å². The maximum Gasteiger partial charge on any atom is 0.209 e. The molecule has 0 atom stereocenters. The highest BCUT2D eigenvalue weighted by atomic mass is 32.2. The first-order valence-electron chi connectivity index (χ1n) is 7.94. The van der Waals surface area contributed by atoms with Gasteiger partial charge in [-0.1, -0.05) is 0 Å². The van der Waals surface area contributed by atoms with E-state index in [4.69, 9.17) is 0 Å². The fraction of sp³-hybridized carbons (Fsp3) is 1.00. The highest BCUT2D eigenvalue weighted by Gasteiger charge is 2.48. The fourth-order valence-corrected chi connectivity index (χ4v) is 6.25. The molecule has 0 spiro atoms. The smallest absolute Gasteiger partial charge is 0.209 e. The van der Waals surface area contributed by atoms with Crippen LogP contribution in [-0.2, 0) is 10.0 Å². The molecule has 5 heteroatoms. The Balaban J connectivity index is 1.59. The summed E-state index contributed by atoms with van der Waals surface area (Å²) in [5, 5.41) is 3.70. The van der Waals surface area contributed by atoms with Gasteiger partial charge < -0.3 is 5.32 Å². The van der Waals surface area contributed by atoms with E-state index in [0.29, 0.717) is 12.6 Å². The van der Waals surface area contributed by atoms with Crippen LogP contribution in [0.2, 0.25) is 0 Å². The minimum absolute atomic E-state index is 0.414. The van der Waals surface area contributed by atoms with E-state index in [2.05, 4.69) is 10.0 Å². The predicted octanol–water partition coefficient (Wildman–Crippen LogP) is 1.73. The van der Waals surface area contributed by atoms with Crippen LogP contribution in [0.15, 0.2) is 0 Å². The molecule has 0 unspecified atom stereocenters. The van der Waals surface area contributed by atoms with Crippen molar-refractivity contribution in [1.29, 1.82) is 0 Å². The third-order valence-electron chi connectivity index (χ3n) is 5.47. The quantitative estimate of drug-likeness (QED) is 0.813. The van der Waals surface area contributed by atoms with Gasteiger partial charge in [-0.15, -0.1) is 0 Å². The second-order valence-electron chi connectivity index (χ2n) is 8.10. The van der Waals surface area contributed by atoms with E-state index >= 15 is 0 Å². The van der Waals surface area contributed by atoms with Gasteiger partial charge in [0, 0.05) is 18.1 Å². The van der Waals surface area contributed by atoms with Crippen LogP contribution in [-0.4, -0.2) is 32.8 Å². The van der Waals surface area contributed by atoms with Crippen LogP contribution >= 0.6 is 0 Å². The summed E-state index contributed by atoms with van der Waals surface area (Å²) in [6, 6.07) is 0.614. The Kier molecular flexibility index (Phi) is 3.67. The van der Waals surface area contributed by atoms with Crippen LogP contribution in [0.4, 0.5) is 0 Å². The van der Waals surface area contributed by atoms with E-state index in [1.807, 2.05) is 13.8 Å². The highest BCUT2D eigenvalue weighted by molar-refractivity contribution is 7.88. The van der Waals surface area contributed by atoms with Crippen LogP contribution in [0.5, 0.6) is 0 Å². The van der Waals surface area contributed by atoms with Crippen LogP contribution in [0.3, 0.4) is 0 Å². The molecule has 0 aromatic rings. The van der Waals surface area contributed by atoms with E-state index in [1.165, 1.54) is 38.4 Å². The molecule has 2 N–H and O–H groups in total. The molecule has 0 aromatic heterocycles. The first kappa shape index (κ1) is 14.8.